The molecule has 0 aliphatic carbocycles. The second kappa shape index (κ2) is 193. The Morgan fingerprint density at radius 1 is 0.521 bits per heavy atom. The van der Waals surface area contributed by atoms with Gasteiger partial charge in [-0.1, -0.05) is 92.3 Å². The number of methoxy groups -OCH3 is 6. The van der Waals surface area contributed by atoms with Crippen LogP contribution < -0.4 is 0 Å². The van der Waals surface area contributed by atoms with Gasteiger partial charge in [0.2, 0.25) is 0 Å². The number of hydrogen-bond donors (Lipinski definition) is 0. The summed E-state index contributed by atoms with van der Waals surface area (Å²) in [5.41, 5.74) is 0. The Balaban J connectivity index is -0.0000000102. The minimum atomic E-state index is -0.0231. The maximum atomic E-state index is 8.68. The van der Waals surface area contributed by atoms with Crippen molar-refractivity contribution in [1.82, 2.24) is 0 Å². The second-order valence-corrected chi connectivity index (χ2v) is 5.24. The maximum Gasteiger partial charge on any atom is 0.0441 e. The van der Waals surface area contributed by atoms with E-state index in [2.05, 4.69) is 23.3 Å². The van der Waals surface area contributed by atoms with Crippen molar-refractivity contribution in [3.63, 3.8) is 0 Å². The van der Waals surface area contributed by atoms with E-state index < -0.39 is 0 Å². The van der Waals surface area contributed by atoms with E-state index in [-0.39, 0.29) is 202 Å². The van der Waals surface area contributed by atoms with Crippen LogP contribution in [0.5, 0.6) is 0 Å². The molecule has 0 aliphatic heterocycles. The van der Waals surface area contributed by atoms with E-state index in [0.717, 1.165) is 6.61 Å². The van der Waals surface area contributed by atoms with Crippen LogP contribution in [0, 0.1) is 26.7 Å². The average Bonchev–Trinajstić information content (AvgIpc) is 2.83. The molecule has 0 saturated heterocycles. The molecule has 14 heteroatoms. The first-order valence-electron chi connectivity index (χ1n) is 10.5. The second-order valence-electron chi connectivity index (χ2n) is 5.24. The van der Waals surface area contributed by atoms with Crippen molar-refractivity contribution in [3.8, 4) is 0 Å². The molecule has 2 atom stereocenters. The van der Waals surface area contributed by atoms with E-state index >= 15 is 0 Å². The fourth-order valence-corrected chi connectivity index (χ4v) is 0.704. The summed E-state index contributed by atoms with van der Waals surface area (Å²) in [5, 5.41) is 0. The van der Waals surface area contributed by atoms with E-state index in [1.165, 1.54) is 52.8 Å². The van der Waals surface area contributed by atoms with Crippen molar-refractivity contribution in [2.75, 3.05) is 69.1 Å². The molecule has 0 aromatic carbocycles. The summed E-state index contributed by atoms with van der Waals surface area (Å²) in [4.78, 5) is 34.7. The molecule has 0 bridgehead atoms. The van der Waals surface area contributed by atoms with E-state index in [1.807, 2.05) is 26.7 Å². The van der Waals surface area contributed by atoms with Crippen LogP contribution in [0.1, 0.15) is 101 Å². The summed E-state index contributed by atoms with van der Waals surface area (Å²) in [6, 6.07) is 0. The zero-order valence-corrected chi connectivity index (χ0v) is 38.3. The van der Waals surface area contributed by atoms with Gasteiger partial charge in [-0.05, 0) is 6.10 Å². The van der Waals surface area contributed by atoms with Crippen LogP contribution >= 0.6 is 0 Å². The van der Waals surface area contributed by atoms with Crippen molar-refractivity contribution < 1.29 is 178 Å². The van der Waals surface area contributed by atoms with Gasteiger partial charge in [-0.15, -0.1) is 0 Å². The van der Waals surface area contributed by atoms with Gasteiger partial charge in [0, 0.05) is 180 Å². The third-order valence-electron chi connectivity index (χ3n) is 1.99. The zero-order valence-electron chi connectivity index (χ0n) is 26.9. The van der Waals surface area contributed by atoms with Crippen LogP contribution in [0.25, 0.3) is 0 Å². The Kier molecular flexibility index (Phi) is 533. The third kappa shape index (κ3) is 445. The monoisotopic (exact) mass is 1010 g/mol. The Morgan fingerprint density at radius 3 is 0.792 bits per heavy atom. The van der Waals surface area contributed by atoms with Gasteiger partial charge in [0.15, 0.2) is 0 Å². The molecule has 48 heavy (non-hydrogen) atoms. The average molecular weight is 1010 g/mol. The van der Waals surface area contributed by atoms with Gasteiger partial charge < -0.3 is 67.9 Å². The topological polar surface area (TPSA) is 124 Å². The summed E-state index contributed by atoms with van der Waals surface area (Å²) >= 11 is 0. The summed E-state index contributed by atoms with van der Waals surface area (Å²) in [6.07, 6.45) is 9.99. The third-order valence-corrected chi connectivity index (χ3v) is 1.99. The first kappa shape index (κ1) is 133. The minimum Gasteiger partial charge on any atom is -0.542 e. The van der Waals surface area contributed by atoms with Gasteiger partial charge in [0.05, 0.1) is 0 Å². The predicted molar refractivity (Wildman–Crippen MR) is 199 cm³/mol. The summed E-state index contributed by atoms with van der Waals surface area (Å²) in [7, 11) is 9.86. The molecule has 0 aromatic rings. The molecule has 0 amide bonds. The normalized spacial score (nSPS) is 6.96. The predicted octanol–water partition coefficient (Wildman–Crippen LogP) is 8.22. The summed E-state index contributed by atoms with van der Waals surface area (Å²) in [5.74, 6) is 0. The van der Waals surface area contributed by atoms with E-state index in [9.17, 15) is 0 Å². The van der Waals surface area contributed by atoms with Crippen molar-refractivity contribution in [3.05, 3.63) is 26.7 Å². The van der Waals surface area contributed by atoms with Crippen LogP contribution in [0.4, 0.5) is 0 Å². The molecule has 0 fully saturated rings. The van der Waals surface area contributed by atoms with Crippen LogP contribution in [-0.4, -0.2) is 106 Å². The van der Waals surface area contributed by atoms with Gasteiger partial charge in [-0.3, -0.25) is 31.6 Å². The molecule has 0 saturated carbocycles. The number of ether oxygens (including phenoxy) is 6. The Labute approximate surface area is 407 Å². The fourth-order valence-electron chi connectivity index (χ4n) is 0.704. The Bertz CT molecular complexity index is 308. The van der Waals surface area contributed by atoms with Gasteiger partial charge in [-0.25, -0.2) is 0 Å². The van der Waals surface area contributed by atoms with Crippen molar-refractivity contribution in [2.24, 2.45) is 0 Å². The summed E-state index contributed by atoms with van der Waals surface area (Å²) < 4.78 is 28.2. The molecule has 0 aromatic heterocycles. The van der Waals surface area contributed by atoms with Crippen molar-refractivity contribution >= 4 is 25.1 Å². The molecule has 300 valence electrons. The Hall–Kier alpha value is 2.86. The maximum absolute atomic E-state index is 8.68. The largest absolute Gasteiger partial charge is 0.542 e. The van der Waals surface area contributed by atoms with E-state index in [4.69, 9.17) is 38.1 Å². The first-order chi connectivity index (χ1) is 17.1. The number of hydrogen-bond acceptors (Lipinski definition) is 10. The van der Waals surface area contributed by atoms with Crippen molar-refractivity contribution in [1.29, 1.82) is 0 Å². The number of rotatable bonds is 10. The first-order valence-corrected chi connectivity index (χ1v) is 10.5. The quantitative estimate of drug-likeness (QED) is 0.156. The smallest absolute Gasteiger partial charge is 0.0441 e. The van der Waals surface area contributed by atoms with Gasteiger partial charge in [0.25, 0.3) is 0 Å². The molecular formula is C34H84O10Y4-8. The van der Waals surface area contributed by atoms with Crippen LogP contribution in [0.3, 0.4) is 0 Å². The summed E-state index contributed by atoms with van der Waals surface area (Å²) in [6.45, 7) is 18.9. The molecule has 0 spiro atoms. The van der Waals surface area contributed by atoms with E-state index in [1.54, 1.807) is 42.7 Å². The van der Waals surface area contributed by atoms with Crippen molar-refractivity contribution in [2.45, 2.75) is 113 Å². The molecule has 4 radical (unpaired) electrons. The molecule has 10 nitrogen and oxygen atoms in total. The van der Waals surface area contributed by atoms with Crippen LogP contribution in [-0.2, 0) is 178 Å². The number of carbonyl (C=O) groups excluding carboxylic acids is 4. The SMILES string of the molecule is C.C.C.C.C.C.C.C.COC[CH-]COC.C[C-]=O.C[C-]=O.C[C-]=O.C[C-]=O.C[CH-]COC.[CH2-]C(C)OC.[CH2-]C(COC)OC.[Y].[Y].[Y].[Y]. The standard InChI is InChI=1S/2C5H11O2.2C4H9O.4C2H3O.8CH4.4Y/c1-5(7-3)4-6-2;1-6-4-3-5-7-2;1-4(2)5-3;1-3-4-5-2;4*1-2-3;;;;;;;;;;;;/h5H,1,4H2,2-3H3;3H,4-5H2,1-2H3;4H,1H2,2-3H3;3H,4H2,1-2H3;4*1H3;8*1H4;;;;/q8*-1;;;;;;;;;;;;. The van der Waals surface area contributed by atoms with Crippen LogP contribution in [0.2, 0.25) is 0 Å². The van der Waals surface area contributed by atoms with Gasteiger partial charge in [-0.2, -0.15) is 34.6 Å². The van der Waals surface area contributed by atoms with Crippen LogP contribution in [0.15, 0.2) is 0 Å². The van der Waals surface area contributed by atoms with Gasteiger partial charge in [0.1, 0.15) is 0 Å². The Morgan fingerprint density at radius 2 is 0.729 bits per heavy atom. The molecule has 2 unspecified atom stereocenters. The zero-order chi connectivity index (χ0) is 30.5. The minimum absolute atomic E-state index is 0. The molecule has 0 aliphatic rings. The molecule has 0 heterocycles. The molecule has 0 rings (SSSR count). The van der Waals surface area contributed by atoms with E-state index in [0.29, 0.717) is 19.8 Å². The van der Waals surface area contributed by atoms with Gasteiger partial charge >= 0.3 is 0 Å². The molecule has 0 N–H and O–H groups in total. The molecular weight excluding hydrogens is 924 g/mol. The fraction of sp³-hybridized carbons (Fsp3) is 0.765.